The van der Waals surface area contributed by atoms with Crippen molar-refractivity contribution in [3.05, 3.63) is 0 Å². The van der Waals surface area contributed by atoms with E-state index < -0.39 is 6.09 Å². The largest absolute Gasteiger partial charge is 0.445 e. The van der Waals surface area contributed by atoms with E-state index in [-0.39, 0.29) is 6.10 Å². The predicted molar refractivity (Wildman–Crippen MR) is 46.1 cm³/mol. The van der Waals surface area contributed by atoms with Gasteiger partial charge in [-0.1, -0.05) is 22.6 Å². The van der Waals surface area contributed by atoms with Gasteiger partial charge in [0, 0.05) is 3.92 Å². The first kappa shape index (κ1) is 8.10. The fraction of sp³-hybridized carbons (Fsp3) is 0.833. The molecule has 1 aliphatic carbocycles. The summed E-state index contributed by atoms with van der Waals surface area (Å²) in [5.41, 5.74) is 4.87. The second kappa shape index (κ2) is 3.41. The number of primary amides is 1. The molecule has 3 nitrogen and oxygen atoms in total. The Kier molecular flexibility index (Phi) is 2.76. The van der Waals surface area contributed by atoms with Gasteiger partial charge >= 0.3 is 6.09 Å². The number of carbonyl (C=O) groups excluding carboxylic acids is 1. The lowest BCUT2D eigenvalue weighted by Crippen LogP contribution is -2.25. The monoisotopic (exact) mass is 255 g/mol. The van der Waals surface area contributed by atoms with E-state index in [9.17, 15) is 4.79 Å². The normalized spacial score (nSPS) is 32.1. The van der Waals surface area contributed by atoms with Gasteiger partial charge in [0.25, 0.3) is 0 Å². The summed E-state index contributed by atoms with van der Waals surface area (Å²) < 4.78 is 5.32. The molecule has 0 aromatic heterocycles. The van der Waals surface area contributed by atoms with Gasteiger partial charge in [0.05, 0.1) is 0 Å². The molecule has 10 heavy (non-hydrogen) atoms. The number of carbonyl (C=O) groups is 1. The highest BCUT2D eigenvalue weighted by atomic mass is 127. The standard InChI is InChI=1S/C6H10INO2/c7-4-2-1-3-5(4)10-6(8)9/h4-5H,1-3H2,(H2,8,9)/t4-,5-/m0/s1. The molecule has 0 aliphatic heterocycles. The van der Waals surface area contributed by atoms with E-state index in [0.29, 0.717) is 3.92 Å². The van der Waals surface area contributed by atoms with Gasteiger partial charge in [-0.3, -0.25) is 0 Å². The molecule has 0 aromatic rings. The van der Waals surface area contributed by atoms with Gasteiger partial charge in [-0.15, -0.1) is 0 Å². The fourth-order valence-corrected chi connectivity index (χ4v) is 2.11. The molecular formula is C6H10INO2. The average Bonchev–Trinajstić information content (AvgIpc) is 2.15. The maximum Gasteiger partial charge on any atom is 0.404 e. The van der Waals surface area contributed by atoms with Crippen molar-refractivity contribution in [3.63, 3.8) is 0 Å². The summed E-state index contributed by atoms with van der Waals surface area (Å²) in [6, 6.07) is 0. The highest BCUT2D eigenvalue weighted by molar-refractivity contribution is 14.1. The molecular weight excluding hydrogens is 245 g/mol. The first-order valence-electron chi connectivity index (χ1n) is 3.30. The summed E-state index contributed by atoms with van der Waals surface area (Å²) in [6.45, 7) is 0. The predicted octanol–water partition coefficient (Wildman–Crippen LogP) is 1.44. The molecule has 1 amide bonds. The van der Waals surface area contributed by atoms with Crippen molar-refractivity contribution < 1.29 is 9.53 Å². The SMILES string of the molecule is NC(=O)O[C@H]1CCC[C@@H]1I. The third-order valence-corrected chi connectivity index (χ3v) is 3.06. The minimum Gasteiger partial charge on any atom is -0.445 e. The fourth-order valence-electron chi connectivity index (χ4n) is 1.16. The minimum atomic E-state index is -0.645. The lowest BCUT2D eigenvalue weighted by molar-refractivity contribution is 0.114. The number of amides is 1. The molecule has 2 atom stereocenters. The molecule has 0 saturated heterocycles. The summed E-state index contributed by atoms with van der Waals surface area (Å²) in [6.07, 6.45) is 2.67. The summed E-state index contributed by atoms with van der Waals surface area (Å²) >= 11 is 2.29. The Bertz CT molecular complexity index is 140. The zero-order valence-corrected chi connectivity index (χ0v) is 7.71. The Hall–Kier alpha value is 0. The highest BCUT2D eigenvalue weighted by Crippen LogP contribution is 2.28. The molecule has 0 spiro atoms. The van der Waals surface area contributed by atoms with Gasteiger partial charge in [0.2, 0.25) is 0 Å². The Morgan fingerprint density at radius 1 is 1.60 bits per heavy atom. The van der Waals surface area contributed by atoms with E-state index in [1.54, 1.807) is 0 Å². The zero-order valence-electron chi connectivity index (χ0n) is 5.55. The topological polar surface area (TPSA) is 52.3 Å². The van der Waals surface area contributed by atoms with Crippen molar-refractivity contribution in [2.45, 2.75) is 29.3 Å². The Morgan fingerprint density at radius 3 is 2.70 bits per heavy atom. The summed E-state index contributed by atoms with van der Waals surface area (Å²) in [5, 5.41) is 0. The van der Waals surface area contributed by atoms with E-state index in [2.05, 4.69) is 22.6 Å². The van der Waals surface area contributed by atoms with Crippen LogP contribution in [-0.4, -0.2) is 16.1 Å². The summed E-state index contributed by atoms with van der Waals surface area (Å²) in [7, 11) is 0. The molecule has 58 valence electrons. The molecule has 0 unspecified atom stereocenters. The molecule has 0 aromatic carbocycles. The smallest absolute Gasteiger partial charge is 0.404 e. The van der Waals surface area contributed by atoms with Crippen LogP contribution in [0.4, 0.5) is 4.79 Å². The van der Waals surface area contributed by atoms with Crippen LogP contribution in [0.1, 0.15) is 19.3 Å². The third-order valence-electron chi connectivity index (χ3n) is 1.64. The van der Waals surface area contributed by atoms with Crippen LogP contribution in [0.5, 0.6) is 0 Å². The molecule has 1 aliphatic rings. The highest BCUT2D eigenvalue weighted by Gasteiger charge is 2.27. The number of alkyl halides is 1. The van der Waals surface area contributed by atoms with Crippen LogP contribution in [0.3, 0.4) is 0 Å². The Labute approximate surface area is 73.4 Å². The molecule has 0 radical (unpaired) electrons. The van der Waals surface area contributed by atoms with Gasteiger partial charge in [0.1, 0.15) is 6.10 Å². The minimum absolute atomic E-state index is 0.0677. The van der Waals surface area contributed by atoms with Gasteiger partial charge in [-0.05, 0) is 19.3 Å². The van der Waals surface area contributed by atoms with Gasteiger partial charge < -0.3 is 10.5 Å². The molecule has 4 heteroatoms. The van der Waals surface area contributed by atoms with Crippen molar-refractivity contribution in [1.82, 2.24) is 0 Å². The second-order valence-electron chi connectivity index (χ2n) is 2.42. The lowest BCUT2D eigenvalue weighted by atomic mass is 10.3. The van der Waals surface area contributed by atoms with Gasteiger partial charge in [-0.25, -0.2) is 4.79 Å². The number of hydrogen-bond donors (Lipinski definition) is 1. The van der Waals surface area contributed by atoms with Crippen LogP contribution in [-0.2, 0) is 4.74 Å². The van der Waals surface area contributed by atoms with E-state index in [4.69, 9.17) is 10.5 Å². The maximum atomic E-state index is 10.3. The number of nitrogens with two attached hydrogens (primary N) is 1. The third kappa shape index (κ3) is 2.00. The van der Waals surface area contributed by atoms with E-state index in [0.717, 1.165) is 19.3 Å². The summed E-state index contributed by atoms with van der Waals surface area (Å²) in [4.78, 5) is 10.3. The first-order valence-corrected chi connectivity index (χ1v) is 4.55. The number of halogens is 1. The van der Waals surface area contributed by atoms with Crippen LogP contribution in [0.15, 0.2) is 0 Å². The van der Waals surface area contributed by atoms with Crippen molar-refractivity contribution in [3.8, 4) is 0 Å². The molecule has 1 fully saturated rings. The summed E-state index contributed by atoms with van der Waals surface area (Å²) in [5.74, 6) is 0. The van der Waals surface area contributed by atoms with E-state index in [1.165, 1.54) is 0 Å². The van der Waals surface area contributed by atoms with Crippen molar-refractivity contribution in [2.75, 3.05) is 0 Å². The number of rotatable bonds is 1. The Morgan fingerprint density at radius 2 is 2.30 bits per heavy atom. The van der Waals surface area contributed by atoms with Crippen molar-refractivity contribution in [1.29, 1.82) is 0 Å². The van der Waals surface area contributed by atoms with E-state index >= 15 is 0 Å². The quantitative estimate of drug-likeness (QED) is 0.569. The van der Waals surface area contributed by atoms with Crippen LogP contribution < -0.4 is 5.73 Å². The van der Waals surface area contributed by atoms with E-state index in [1.807, 2.05) is 0 Å². The molecule has 0 heterocycles. The van der Waals surface area contributed by atoms with Crippen LogP contribution >= 0.6 is 22.6 Å². The first-order chi connectivity index (χ1) is 4.70. The van der Waals surface area contributed by atoms with Crippen molar-refractivity contribution >= 4 is 28.7 Å². The van der Waals surface area contributed by atoms with Crippen LogP contribution in [0.25, 0.3) is 0 Å². The zero-order chi connectivity index (χ0) is 7.56. The molecule has 0 bridgehead atoms. The molecule has 2 N–H and O–H groups in total. The van der Waals surface area contributed by atoms with Crippen LogP contribution in [0.2, 0.25) is 0 Å². The number of hydrogen-bond acceptors (Lipinski definition) is 2. The van der Waals surface area contributed by atoms with Gasteiger partial charge in [0.15, 0.2) is 0 Å². The van der Waals surface area contributed by atoms with Gasteiger partial charge in [-0.2, -0.15) is 0 Å². The van der Waals surface area contributed by atoms with Crippen molar-refractivity contribution in [2.24, 2.45) is 5.73 Å². The Balaban J connectivity index is 2.33. The molecule has 1 saturated carbocycles. The maximum absolute atomic E-state index is 10.3. The molecule has 1 rings (SSSR count). The second-order valence-corrected chi connectivity index (χ2v) is 4.02. The number of ether oxygens (including phenoxy) is 1. The van der Waals surface area contributed by atoms with Crippen LogP contribution in [0, 0.1) is 0 Å². The average molecular weight is 255 g/mol. The lowest BCUT2D eigenvalue weighted by Gasteiger charge is -2.12.